The van der Waals surface area contributed by atoms with Gasteiger partial charge >= 0.3 is 0 Å². The van der Waals surface area contributed by atoms with E-state index in [4.69, 9.17) is 0 Å². The Balaban J connectivity index is 1.72. The molecule has 0 radical (unpaired) electrons. The van der Waals surface area contributed by atoms with E-state index in [1.54, 1.807) is 6.21 Å². The first-order valence-electron chi connectivity index (χ1n) is 8.93. The highest BCUT2D eigenvalue weighted by Crippen LogP contribution is 2.23. The Morgan fingerprint density at radius 3 is 2.69 bits per heavy atom. The summed E-state index contributed by atoms with van der Waals surface area (Å²) in [6.45, 7) is 8.38. The van der Waals surface area contributed by atoms with Crippen LogP contribution in [0.15, 0.2) is 53.8 Å². The van der Waals surface area contributed by atoms with E-state index in [0.717, 1.165) is 22.1 Å². The molecule has 3 aromatic rings. The van der Waals surface area contributed by atoms with Crippen LogP contribution in [0.2, 0.25) is 0 Å². The number of amides is 1. The zero-order valence-electron chi connectivity index (χ0n) is 15.8. The third-order valence-corrected chi connectivity index (χ3v) is 4.57. The average molecular weight is 347 g/mol. The monoisotopic (exact) mass is 347 g/mol. The molecular formula is C22H25N3O. The fourth-order valence-electron chi connectivity index (χ4n) is 3.19. The van der Waals surface area contributed by atoms with Gasteiger partial charge in [0.1, 0.15) is 0 Å². The number of hydrogen-bond acceptors (Lipinski definition) is 2. The highest BCUT2D eigenvalue weighted by molar-refractivity contribution is 5.99. The van der Waals surface area contributed by atoms with Crippen molar-refractivity contribution >= 4 is 23.0 Å². The number of carbonyl (C=O) groups excluding carboxylic acids is 1. The molecule has 1 amide bonds. The lowest BCUT2D eigenvalue weighted by molar-refractivity contribution is -0.120. The summed E-state index contributed by atoms with van der Waals surface area (Å²) in [6, 6.07) is 14.7. The first-order valence-corrected chi connectivity index (χ1v) is 8.93. The average Bonchev–Trinajstić information content (AvgIpc) is 2.97. The molecule has 0 unspecified atom stereocenters. The van der Waals surface area contributed by atoms with Crippen LogP contribution in [-0.4, -0.2) is 16.7 Å². The number of hydrazone groups is 1. The summed E-state index contributed by atoms with van der Waals surface area (Å²) >= 11 is 0. The lowest BCUT2D eigenvalue weighted by atomic mass is 10.0. The largest absolute Gasteiger partial charge is 0.344 e. The van der Waals surface area contributed by atoms with Crippen molar-refractivity contribution in [1.29, 1.82) is 0 Å². The van der Waals surface area contributed by atoms with E-state index in [1.165, 1.54) is 11.1 Å². The first-order chi connectivity index (χ1) is 12.5. The number of aryl methyl sites for hydroxylation is 2. The van der Waals surface area contributed by atoms with Crippen molar-refractivity contribution in [1.82, 2.24) is 9.99 Å². The maximum atomic E-state index is 12.2. The van der Waals surface area contributed by atoms with E-state index in [9.17, 15) is 4.79 Å². The number of benzene rings is 2. The smallest absolute Gasteiger partial charge is 0.244 e. The van der Waals surface area contributed by atoms with Gasteiger partial charge in [0.2, 0.25) is 5.91 Å². The second-order valence-corrected chi connectivity index (χ2v) is 7.00. The molecule has 0 fully saturated rings. The number of carbonyl (C=O) groups is 1. The maximum Gasteiger partial charge on any atom is 0.244 e. The fourth-order valence-corrected chi connectivity index (χ4v) is 3.19. The van der Waals surface area contributed by atoms with Crippen LogP contribution < -0.4 is 5.43 Å². The van der Waals surface area contributed by atoms with Crippen LogP contribution in [0.4, 0.5) is 0 Å². The minimum Gasteiger partial charge on any atom is -0.344 e. The van der Waals surface area contributed by atoms with Crippen LogP contribution in [0.1, 0.15) is 42.1 Å². The van der Waals surface area contributed by atoms with Crippen LogP contribution >= 0.6 is 0 Å². The summed E-state index contributed by atoms with van der Waals surface area (Å²) in [4.78, 5) is 12.2. The van der Waals surface area contributed by atoms with E-state index in [0.29, 0.717) is 12.5 Å². The molecule has 1 heterocycles. The van der Waals surface area contributed by atoms with Gasteiger partial charge in [0.25, 0.3) is 0 Å². The molecule has 4 nitrogen and oxygen atoms in total. The Morgan fingerprint density at radius 1 is 1.19 bits per heavy atom. The van der Waals surface area contributed by atoms with Crippen molar-refractivity contribution in [2.24, 2.45) is 5.10 Å². The SMILES string of the molecule is Cc1ccc(CC(=O)N/N=C/c2cn(C(C)C)c3ccccc23)c(C)c1. The van der Waals surface area contributed by atoms with Gasteiger partial charge in [0.05, 0.1) is 12.6 Å². The van der Waals surface area contributed by atoms with Gasteiger partial charge < -0.3 is 4.57 Å². The normalized spacial score (nSPS) is 11.6. The summed E-state index contributed by atoms with van der Waals surface area (Å²) in [7, 11) is 0. The van der Waals surface area contributed by atoms with Gasteiger partial charge in [-0.15, -0.1) is 0 Å². The standard InChI is InChI=1S/C22H25N3O/c1-15(2)25-14-19(20-7-5-6-8-21(20)25)13-23-24-22(26)12-18-10-9-16(3)11-17(18)4/h5-11,13-15H,12H2,1-4H3,(H,24,26)/b23-13+. The van der Waals surface area contributed by atoms with E-state index < -0.39 is 0 Å². The van der Waals surface area contributed by atoms with E-state index in [-0.39, 0.29) is 5.91 Å². The zero-order chi connectivity index (χ0) is 18.7. The number of nitrogens with one attached hydrogen (secondary N) is 1. The molecule has 134 valence electrons. The molecule has 0 saturated heterocycles. The number of aromatic nitrogens is 1. The van der Waals surface area contributed by atoms with Crippen LogP contribution in [0.5, 0.6) is 0 Å². The molecule has 2 aromatic carbocycles. The van der Waals surface area contributed by atoms with Crippen molar-refractivity contribution in [2.75, 3.05) is 0 Å². The van der Waals surface area contributed by atoms with Crippen LogP contribution in [-0.2, 0) is 11.2 Å². The third-order valence-electron chi connectivity index (χ3n) is 4.57. The number of para-hydroxylation sites is 1. The molecule has 0 aliphatic carbocycles. The molecule has 0 aliphatic rings. The summed E-state index contributed by atoms with van der Waals surface area (Å²) in [5, 5.41) is 5.30. The van der Waals surface area contributed by atoms with Gasteiger partial charge in [0, 0.05) is 28.7 Å². The number of hydrogen-bond donors (Lipinski definition) is 1. The second-order valence-electron chi connectivity index (χ2n) is 7.00. The Hall–Kier alpha value is -2.88. The van der Waals surface area contributed by atoms with Crippen molar-refractivity contribution in [3.63, 3.8) is 0 Å². The summed E-state index contributed by atoms with van der Waals surface area (Å²) < 4.78 is 2.22. The lowest BCUT2D eigenvalue weighted by Crippen LogP contribution is -2.20. The fraction of sp³-hybridized carbons (Fsp3) is 0.273. The van der Waals surface area contributed by atoms with Gasteiger partial charge in [-0.25, -0.2) is 5.43 Å². The number of nitrogens with zero attached hydrogens (tertiary/aromatic N) is 2. The molecule has 4 heteroatoms. The lowest BCUT2D eigenvalue weighted by Gasteiger charge is -2.08. The van der Waals surface area contributed by atoms with Crippen molar-refractivity contribution in [2.45, 2.75) is 40.2 Å². The zero-order valence-corrected chi connectivity index (χ0v) is 15.8. The highest BCUT2D eigenvalue weighted by Gasteiger charge is 2.09. The molecular weight excluding hydrogens is 322 g/mol. The molecule has 26 heavy (non-hydrogen) atoms. The van der Waals surface area contributed by atoms with Crippen molar-refractivity contribution < 1.29 is 4.79 Å². The predicted molar refractivity (Wildman–Crippen MR) is 108 cm³/mol. The maximum absolute atomic E-state index is 12.2. The number of rotatable bonds is 5. The minimum atomic E-state index is -0.110. The molecule has 0 aliphatic heterocycles. The topological polar surface area (TPSA) is 46.4 Å². The van der Waals surface area contributed by atoms with E-state index in [1.807, 2.05) is 31.2 Å². The molecule has 0 bridgehead atoms. The third kappa shape index (κ3) is 3.85. The second kappa shape index (κ2) is 7.56. The van der Waals surface area contributed by atoms with Gasteiger partial charge in [-0.1, -0.05) is 42.0 Å². The Labute approximate surface area is 154 Å². The first kappa shape index (κ1) is 17.9. The quantitative estimate of drug-likeness (QED) is 0.535. The highest BCUT2D eigenvalue weighted by atomic mass is 16.2. The van der Waals surface area contributed by atoms with Gasteiger partial charge in [-0.05, 0) is 44.9 Å². The van der Waals surface area contributed by atoms with E-state index >= 15 is 0 Å². The Kier molecular flexibility index (Phi) is 5.21. The van der Waals surface area contributed by atoms with Gasteiger partial charge in [0.15, 0.2) is 0 Å². The van der Waals surface area contributed by atoms with Crippen LogP contribution in [0.25, 0.3) is 10.9 Å². The Morgan fingerprint density at radius 2 is 1.96 bits per heavy atom. The minimum absolute atomic E-state index is 0.110. The summed E-state index contributed by atoms with van der Waals surface area (Å²) in [6.07, 6.45) is 4.13. The molecule has 0 atom stereocenters. The van der Waals surface area contributed by atoms with Crippen LogP contribution in [0, 0.1) is 13.8 Å². The van der Waals surface area contributed by atoms with Crippen LogP contribution in [0.3, 0.4) is 0 Å². The molecule has 3 rings (SSSR count). The molecule has 1 aromatic heterocycles. The predicted octanol–water partition coefficient (Wildman–Crippen LogP) is 4.53. The molecule has 1 N–H and O–H groups in total. The summed E-state index contributed by atoms with van der Waals surface area (Å²) in [5.74, 6) is -0.110. The number of fused-ring (bicyclic) bond motifs is 1. The molecule has 0 spiro atoms. The summed E-state index contributed by atoms with van der Waals surface area (Å²) in [5.41, 5.74) is 8.18. The van der Waals surface area contributed by atoms with Crippen molar-refractivity contribution in [3.05, 3.63) is 70.9 Å². The van der Waals surface area contributed by atoms with Gasteiger partial charge in [-0.3, -0.25) is 4.79 Å². The Bertz CT molecular complexity index is 967. The molecule has 0 saturated carbocycles. The van der Waals surface area contributed by atoms with Crippen molar-refractivity contribution in [3.8, 4) is 0 Å². The van der Waals surface area contributed by atoms with E-state index in [2.05, 4.69) is 60.3 Å². The van der Waals surface area contributed by atoms with Gasteiger partial charge in [-0.2, -0.15) is 5.10 Å².